The third-order valence-electron chi connectivity index (χ3n) is 4.26. The fourth-order valence-corrected chi connectivity index (χ4v) is 3.68. The smallest absolute Gasteiger partial charge is 0.267 e. The van der Waals surface area contributed by atoms with E-state index in [1.165, 1.54) is 39.7 Å². The molecule has 4 heterocycles. The first-order valence-electron chi connectivity index (χ1n) is 8.53. The molecule has 0 radical (unpaired) electrons. The number of rotatable bonds is 3. The molecule has 9 heteroatoms. The van der Waals surface area contributed by atoms with Crippen LogP contribution in [0, 0.1) is 11.3 Å². The van der Waals surface area contributed by atoms with Crippen LogP contribution in [0.25, 0.3) is 10.6 Å². The van der Waals surface area contributed by atoms with Gasteiger partial charge in [0.25, 0.3) is 11.8 Å². The van der Waals surface area contributed by atoms with Crippen LogP contribution < -0.4 is 0 Å². The third-order valence-corrected chi connectivity index (χ3v) is 5.15. The summed E-state index contributed by atoms with van der Waals surface area (Å²) >= 11 is 1.36. The Morgan fingerprint density at radius 1 is 1.11 bits per heavy atom. The van der Waals surface area contributed by atoms with Gasteiger partial charge in [-0.05, 0) is 30.7 Å². The molecule has 0 unspecified atom stereocenters. The zero-order valence-electron chi connectivity index (χ0n) is 14.6. The highest BCUT2D eigenvalue weighted by Gasteiger charge is 2.33. The predicted octanol–water partition coefficient (Wildman–Crippen LogP) is 2.38. The Hall–Kier alpha value is -3.64. The van der Waals surface area contributed by atoms with Crippen LogP contribution >= 0.6 is 11.3 Å². The molecular formula is C19H14N6O2S. The summed E-state index contributed by atoms with van der Waals surface area (Å²) < 4.78 is 0. The number of carbonyl (C=O) groups excluding carboxylic acids is 2. The second-order valence-corrected chi connectivity index (χ2v) is 6.89. The minimum absolute atomic E-state index is 0.233. The fraction of sp³-hybridized carbons (Fsp3) is 0.158. The van der Waals surface area contributed by atoms with Gasteiger partial charge in [-0.15, -0.1) is 11.3 Å². The average Bonchev–Trinajstić information content (AvgIpc) is 3.43. The van der Waals surface area contributed by atoms with E-state index in [-0.39, 0.29) is 17.5 Å². The number of carbonyl (C=O) groups is 2. The number of hydrogen-bond donors (Lipinski definition) is 0. The largest absolute Gasteiger partial charge is 0.291 e. The molecular weight excluding hydrogens is 376 g/mol. The molecule has 2 amide bonds. The summed E-state index contributed by atoms with van der Waals surface area (Å²) in [4.78, 5) is 38.1. The highest BCUT2D eigenvalue weighted by molar-refractivity contribution is 7.13. The predicted molar refractivity (Wildman–Crippen MR) is 101 cm³/mol. The van der Waals surface area contributed by atoms with Crippen molar-refractivity contribution < 1.29 is 9.59 Å². The van der Waals surface area contributed by atoms with Gasteiger partial charge in [0.2, 0.25) is 0 Å². The van der Waals surface area contributed by atoms with E-state index in [0.717, 1.165) is 5.56 Å². The van der Waals surface area contributed by atoms with E-state index >= 15 is 0 Å². The molecule has 1 aliphatic heterocycles. The Kier molecular flexibility index (Phi) is 4.78. The second-order valence-electron chi connectivity index (χ2n) is 6.03. The standard InChI is InChI=1S/C19H14N6O2S/c20-9-15-5-4-14(11-22-15)18(26)24-7-2-8-25(24)19(27)16-12-28-17(23-16)13-3-1-6-21-10-13/h1,3-6,10-12H,2,7-8H2. The first-order valence-corrected chi connectivity index (χ1v) is 9.41. The molecule has 1 aliphatic rings. The molecule has 0 aliphatic carbocycles. The highest BCUT2D eigenvalue weighted by atomic mass is 32.1. The van der Waals surface area contributed by atoms with Crippen LogP contribution in [0.4, 0.5) is 0 Å². The number of amides is 2. The molecule has 0 atom stereocenters. The maximum absolute atomic E-state index is 12.9. The molecule has 1 fully saturated rings. The van der Waals surface area contributed by atoms with E-state index in [1.54, 1.807) is 17.8 Å². The SMILES string of the molecule is N#Cc1ccc(C(=O)N2CCCN2C(=O)c2csc(-c3cccnc3)n2)cn1. The molecule has 4 rings (SSSR count). The molecule has 0 spiro atoms. The molecule has 1 saturated heterocycles. The minimum Gasteiger partial charge on any atom is -0.267 e. The number of nitriles is 1. The molecule has 3 aromatic rings. The summed E-state index contributed by atoms with van der Waals surface area (Å²) in [5.41, 5.74) is 1.69. The van der Waals surface area contributed by atoms with Gasteiger partial charge < -0.3 is 0 Å². The lowest BCUT2D eigenvalue weighted by Gasteiger charge is -2.27. The van der Waals surface area contributed by atoms with E-state index in [2.05, 4.69) is 15.0 Å². The zero-order valence-corrected chi connectivity index (χ0v) is 15.5. The Labute approximate surface area is 164 Å². The normalized spacial score (nSPS) is 13.4. The lowest BCUT2D eigenvalue weighted by molar-refractivity contribution is 0.0182. The fourth-order valence-electron chi connectivity index (χ4n) is 2.90. The molecule has 28 heavy (non-hydrogen) atoms. The average molecular weight is 390 g/mol. The maximum Gasteiger partial charge on any atom is 0.291 e. The topological polar surface area (TPSA) is 103 Å². The van der Waals surface area contributed by atoms with Crippen molar-refractivity contribution in [2.24, 2.45) is 0 Å². The Morgan fingerprint density at radius 3 is 2.61 bits per heavy atom. The molecule has 0 bridgehead atoms. The third kappa shape index (κ3) is 3.33. The van der Waals surface area contributed by atoms with Crippen molar-refractivity contribution >= 4 is 23.2 Å². The van der Waals surface area contributed by atoms with Gasteiger partial charge in [-0.2, -0.15) is 5.26 Å². The van der Waals surface area contributed by atoms with Crippen molar-refractivity contribution in [3.63, 3.8) is 0 Å². The Morgan fingerprint density at radius 2 is 1.93 bits per heavy atom. The number of nitrogens with zero attached hydrogens (tertiary/aromatic N) is 6. The molecule has 0 N–H and O–H groups in total. The monoisotopic (exact) mass is 390 g/mol. The molecule has 8 nitrogen and oxygen atoms in total. The van der Waals surface area contributed by atoms with Gasteiger partial charge in [0.05, 0.1) is 5.56 Å². The lowest BCUT2D eigenvalue weighted by atomic mass is 10.2. The lowest BCUT2D eigenvalue weighted by Crippen LogP contribution is -2.45. The summed E-state index contributed by atoms with van der Waals surface area (Å²) in [6.07, 6.45) is 5.40. The molecule has 0 aromatic carbocycles. The van der Waals surface area contributed by atoms with Crippen LogP contribution in [0.15, 0.2) is 48.2 Å². The number of aromatic nitrogens is 3. The van der Waals surface area contributed by atoms with E-state index in [4.69, 9.17) is 5.26 Å². The van der Waals surface area contributed by atoms with Crippen molar-refractivity contribution in [3.05, 3.63) is 65.2 Å². The Bertz CT molecular complexity index is 1060. The van der Waals surface area contributed by atoms with Crippen LogP contribution in [0.5, 0.6) is 0 Å². The maximum atomic E-state index is 12.9. The highest BCUT2D eigenvalue weighted by Crippen LogP contribution is 2.25. The van der Waals surface area contributed by atoms with Crippen LogP contribution in [0.2, 0.25) is 0 Å². The van der Waals surface area contributed by atoms with E-state index in [1.807, 2.05) is 18.2 Å². The van der Waals surface area contributed by atoms with Crippen molar-refractivity contribution in [3.8, 4) is 16.6 Å². The van der Waals surface area contributed by atoms with Crippen molar-refractivity contribution in [1.82, 2.24) is 25.0 Å². The second kappa shape index (κ2) is 7.54. The van der Waals surface area contributed by atoms with Gasteiger partial charge in [0.15, 0.2) is 0 Å². The van der Waals surface area contributed by atoms with Crippen molar-refractivity contribution in [2.75, 3.05) is 13.1 Å². The van der Waals surface area contributed by atoms with Gasteiger partial charge >= 0.3 is 0 Å². The number of thiazole rings is 1. The summed E-state index contributed by atoms with van der Waals surface area (Å²) in [7, 11) is 0. The van der Waals surface area contributed by atoms with Gasteiger partial charge in [0, 0.05) is 42.6 Å². The van der Waals surface area contributed by atoms with E-state index in [9.17, 15) is 9.59 Å². The van der Waals surface area contributed by atoms with Gasteiger partial charge in [-0.1, -0.05) is 0 Å². The van der Waals surface area contributed by atoms with Crippen molar-refractivity contribution in [1.29, 1.82) is 5.26 Å². The number of hydrogen-bond acceptors (Lipinski definition) is 7. The van der Waals surface area contributed by atoms with Crippen LogP contribution in [0.1, 0.15) is 33.0 Å². The van der Waals surface area contributed by atoms with Gasteiger partial charge in [0.1, 0.15) is 22.5 Å². The quantitative estimate of drug-likeness (QED) is 0.680. The molecule has 138 valence electrons. The summed E-state index contributed by atoms with van der Waals surface area (Å²) in [6, 6.07) is 8.63. The Balaban J connectivity index is 1.54. The number of pyridine rings is 2. The van der Waals surface area contributed by atoms with Crippen LogP contribution in [-0.4, -0.2) is 49.9 Å². The first kappa shape index (κ1) is 17.8. The van der Waals surface area contributed by atoms with Gasteiger partial charge in [-0.25, -0.2) is 20.0 Å². The number of hydrazine groups is 1. The van der Waals surface area contributed by atoms with Crippen molar-refractivity contribution in [2.45, 2.75) is 6.42 Å². The van der Waals surface area contributed by atoms with Gasteiger partial charge in [-0.3, -0.25) is 14.6 Å². The molecule has 0 saturated carbocycles. The summed E-state index contributed by atoms with van der Waals surface area (Å²) in [5.74, 6) is -0.649. The van der Waals surface area contributed by atoms with Crippen LogP contribution in [-0.2, 0) is 0 Å². The summed E-state index contributed by atoms with van der Waals surface area (Å²) in [5, 5.41) is 14.1. The summed E-state index contributed by atoms with van der Waals surface area (Å²) in [6.45, 7) is 0.873. The first-order chi connectivity index (χ1) is 13.7. The molecule has 3 aromatic heterocycles. The van der Waals surface area contributed by atoms with E-state index in [0.29, 0.717) is 35.8 Å². The van der Waals surface area contributed by atoms with E-state index < -0.39 is 0 Å². The van der Waals surface area contributed by atoms with Crippen LogP contribution in [0.3, 0.4) is 0 Å². The zero-order chi connectivity index (χ0) is 19.5. The minimum atomic E-state index is -0.328.